The van der Waals surface area contributed by atoms with Crippen molar-refractivity contribution in [2.75, 3.05) is 0 Å². The van der Waals surface area contributed by atoms with E-state index in [-0.39, 0.29) is 4.77 Å². The van der Waals surface area contributed by atoms with Gasteiger partial charge >= 0.3 is 5.69 Å². The second-order valence-electron chi connectivity index (χ2n) is 1.27. The Morgan fingerprint density at radius 3 is 2.11 bits per heavy atom. The summed E-state index contributed by atoms with van der Waals surface area (Å²) in [4.78, 5) is 12.2. The van der Waals surface area contributed by atoms with Crippen LogP contribution in [0.25, 0.3) is 0 Å². The SMILES string of the molecule is O=c1[nH][nH]c(=S(=O)=O)[nH]1. The maximum Gasteiger partial charge on any atom is 0.339 e. The molecule has 7 heteroatoms. The van der Waals surface area contributed by atoms with E-state index in [1.54, 1.807) is 0 Å². The highest BCUT2D eigenvalue weighted by atomic mass is 32.2. The smallest absolute Gasteiger partial charge is 0.278 e. The Hall–Kier alpha value is -1.24. The van der Waals surface area contributed by atoms with Crippen molar-refractivity contribution in [3.63, 3.8) is 0 Å². The van der Waals surface area contributed by atoms with Crippen molar-refractivity contribution in [2.45, 2.75) is 0 Å². The average molecular weight is 149 g/mol. The van der Waals surface area contributed by atoms with Gasteiger partial charge in [0.1, 0.15) is 0 Å². The fourth-order valence-electron chi connectivity index (χ4n) is 0.362. The van der Waals surface area contributed by atoms with E-state index in [4.69, 9.17) is 0 Å². The minimum absolute atomic E-state index is 0.250. The van der Waals surface area contributed by atoms with E-state index in [2.05, 4.69) is 5.10 Å². The van der Waals surface area contributed by atoms with Crippen LogP contribution in [0.15, 0.2) is 4.79 Å². The highest BCUT2D eigenvalue weighted by Crippen LogP contribution is 1.58. The number of nitrogens with one attached hydrogen (secondary N) is 3. The zero-order chi connectivity index (χ0) is 6.85. The molecule has 6 nitrogen and oxygen atoms in total. The van der Waals surface area contributed by atoms with Gasteiger partial charge in [-0.25, -0.2) is 9.89 Å². The van der Waals surface area contributed by atoms with Crippen LogP contribution in [0.2, 0.25) is 0 Å². The Bertz CT molecular complexity index is 395. The summed E-state index contributed by atoms with van der Waals surface area (Å²) in [6, 6.07) is 0. The molecule has 0 aromatic carbocycles. The van der Waals surface area contributed by atoms with Gasteiger partial charge in [0.2, 0.25) is 0 Å². The van der Waals surface area contributed by atoms with E-state index in [1.165, 1.54) is 0 Å². The van der Waals surface area contributed by atoms with Crippen LogP contribution in [-0.4, -0.2) is 23.6 Å². The molecule has 1 aromatic heterocycles. The third kappa shape index (κ3) is 1.11. The van der Waals surface area contributed by atoms with Gasteiger partial charge in [-0.1, -0.05) is 0 Å². The van der Waals surface area contributed by atoms with Crippen LogP contribution in [0.4, 0.5) is 0 Å². The summed E-state index contributed by atoms with van der Waals surface area (Å²) >= 11 is 0. The number of hydrogen-bond acceptors (Lipinski definition) is 3. The van der Waals surface area contributed by atoms with Gasteiger partial charge < -0.3 is 0 Å². The molecule has 0 radical (unpaired) electrons. The summed E-state index contributed by atoms with van der Waals surface area (Å²) in [5, 5.41) is 4.12. The maximum absolute atomic E-state index is 10.2. The fraction of sp³-hybridized carbons (Fsp3) is 0. The molecule has 0 aliphatic carbocycles. The van der Waals surface area contributed by atoms with Crippen LogP contribution in [0.5, 0.6) is 0 Å². The van der Waals surface area contributed by atoms with Gasteiger partial charge in [0.05, 0.1) is 0 Å². The molecule has 0 atom stereocenters. The topological polar surface area (TPSA) is 98.6 Å². The van der Waals surface area contributed by atoms with E-state index in [1.807, 2.05) is 10.1 Å². The van der Waals surface area contributed by atoms with Gasteiger partial charge in [-0.05, 0) is 0 Å². The second kappa shape index (κ2) is 1.94. The van der Waals surface area contributed by atoms with Crippen molar-refractivity contribution >= 4 is 10.3 Å². The Kier molecular flexibility index (Phi) is 1.27. The third-order valence-corrected chi connectivity index (χ3v) is 1.22. The normalized spacial score (nSPS) is 9.33. The maximum atomic E-state index is 10.2. The van der Waals surface area contributed by atoms with Gasteiger partial charge in [-0.15, -0.1) is 0 Å². The lowest BCUT2D eigenvalue weighted by molar-refractivity contribution is 0.623. The van der Waals surface area contributed by atoms with E-state index in [0.29, 0.717) is 0 Å². The molecule has 1 heterocycles. The van der Waals surface area contributed by atoms with Crippen LogP contribution >= 0.6 is 0 Å². The molecule has 1 rings (SSSR count). The quantitative estimate of drug-likeness (QED) is 0.389. The fourth-order valence-corrected chi connectivity index (χ4v) is 0.673. The molecular formula is C2H3N3O3S. The van der Waals surface area contributed by atoms with Gasteiger partial charge in [-0.2, -0.15) is 8.42 Å². The highest BCUT2D eigenvalue weighted by Gasteiger charge is 1.82. The summed E-state index contributed by atoms with van der Waals surface area (Å²) in [7, 11) is -2.40. The predicted octanol–water partition coefficient (Wildman–Crippen LogP) is -1.56. The predicted molar refractivity (Wildman–Crippen MR) is 27.9 cm³/mol. The third-order valence-electron chi connectivity index (χ3n) is 0.683. The highest BCUT2D eigenvalue weighted by molar-refractivity contribution is 7.63. The Balaban J connectivity index is 3.87. The lowest BCUT2D eigenvalue weighted by Crippen LogP contribution is -2.00. The van der Waals surface area contributed by atoms with E-state index in [0.717, 1.165) is 0 Å². The first kappa shape index (κ1) is 5.89. The molecule has 0 amide bonds. The Morgan fingerprint density at radius 2 is 1.89 bits per heavy atom. The molecule has 50 valence electrons. The average Bonchev–Trinajstić information content (AvgIpc) is 2.14. The van der Waals surface area contributed by atoms with E-state index in [9.17, 15) is 13.2 Å². The molecular weight excluding hydrogens is 146 g/mol. The molecule has 0 spiro atoms. The lowest BCUT2D eigenvalue weighted by atomic mass is 11.3. The molecule has 0 saturated carbocycles. The summed E-state index contributed by atoms with van der Waals surface area (Å²) in [5.74, 6) is 0. The zero-order valence-corrected chi connectivity index (χ0v) is 4.95. The largest absolute Gasteiger partial charge is 0.339 e. The summed E-state index contributed by atoms with van der Waals surface area (Å²) in [6.07, 6.45) is 0. The minimum atomic E-state index is -2.40. The molecule has 1 aromatic rings. The molecule has 3 N–H and O–H groups in total. The molecule has 0 unspecified atom stereocenters. The molecule has 0 bridgehead atoms. The van der Waals surface area contributed by atoms with E-state index < -0.39 is 16.0 Å². The summed E-state index contributed by atoms with van der Waals surface area (Å²) in [6.45, 7) is 0. The number of aromatic amines is 3. The number of hydrogen-bond donors (Lipinski definition) is 3. The monoisotopic (exact) mass is 149 g/mol. The first-order chi connectivity index (χ1) is 4.20. The van der Waals surface area contributed by atoms with Crippen LogP contribution < -0.4 is 5.69 Å². The number of aromatic nitrogens is 3. The summed E-state index contributed by atoms with van der Waals surface area (Å²) < 4.78 is 19.7. The van der Waals surface area contributed by atoms with Gasteiger partial charge in [0, 0.05) is 0 Å². The van der Waals surface area contributed by atoms with Crippen LogP contribution in [0, 0.1) is 4.77 Å². The van der Waals surface area contributed by atoms with Gasteiger partial charge in [0.15, 0.2) is 0 Å². The molecule has 0 fully saturated rings. The van der Waals surface area contributed by atoms with Crippen molar-refractivity contribution in [1.82, 2.24) is 15.2 Å². The van der Waals surface area contributed by atoms with Crippen molar-refractivity contribution in [1.29, 1.82) is 0 Å². The van der Waals surface area contributed by atoms with Gasteiger partial charge in [-0.3, -0.25) is 10.1 Å². The van der Waals surface area contributed by atoms with Crippen molar-refractivity contribution in [3.8, 4) is 0 Å². The zero-order valence-electron chi connectivity index (χ0n) is 4.13. The molecule has 9 heavy (non-hydrogen) atoms. The Morgan fingerprint density at radius 1 is 1.22 bits per heavy atom. The molecule has 0 saturated heterocycles. The van der Waals surface area contributed by atoms with Gasteiger partial charge in [0.25, 0.3) is 15.1 Å². The second-order valence-corrected chi connectivity index (χ2v) is 2.15. The number of H-pyrrole nitrogens is 3. The van der Waals surface area contributed by atoms with Crippen molar-refractivity contribution in [3.05, 3.63) is 15.3 Å². The van der Waals surface area contributed by atoms with Crippen molar-refractivity contribution in [2.24, 2.45) is 0 Å². The molecule has 0 aliphatic heterocycles. The number of rotatable bonds is 0. The van der Waals surface area contributed by atoms with Crippen LogP contribution in [-0.2, 0) is 10.3 Å². The minimum Gasteiger partial charge on any atom is -0.278 e. The Labute approximate surface area is 50.1 Å². The molecule has 0 aliphatic rings. The summed E-state index contributed by atoms with van der Waals surface area (Å²) in [5.41, 5.74) is -0.575. The first-order valence-electron chi connectivity index (χ1n) is 1.99. The van der Waals surface area contributed by atoms with E-state index >= 15 is 0 Å². The van der Waals surface area contributed by atoms with Crippen LogP contribution in [0.3, 0.4) is 0 Å². The van der Waals surface area contributed by atoms with Crippen LogP contribution in [0.1, 0.15) is 0 Å². The van der Waals surface area contributed by atoms with Crippen molar-refractivity contribution < 1.29 is 8.42 Å². The lowest BCUT2D eigenvalue weighted by Gasteiger charge is -1.56. The first-order valence-corrected chi connectivity index (χ1v) is 3.07. The standard InChI is InChI=1S/C2H3N3O3S/c6-1-3-2(5-4-1)9(7)8/h5H,(H2,3,4,6).